The summed E-state index contributed by atoms with van der Waals surface area (Å²) in [6.07, 6.45) is 3.47. The van der Waals surface area contributed by atoms with Gasteiger partial charge in [-0.05, 0) is 12.3 Å². The van der Waals surface area contributed by atoms with Gasteiger partial charge in [-0.25, -0.2) is 0 Å². The molecule has 0 rings (SSSR count). The smallest absolute Gasteiger partial charge is 0.0836 e. The molecule has 0 saturated heterocycles. The second-order valence-corrected chi connectivity index (χ2v) is 2.80. The lowest BCUT2D eigenvalue weighted by molar-refractivity contribution is 0.153. The highest BCUT2D eigenvalue weighted by Gasteiger charge is 1.96. The Balaban J connectivity index is 2.89. The van der Waals surface area contributed by atoms with Gasteiger partial charge in [0.2, 0.25) is 0 Å². The van der Waals surface area contributed by atoms with Crippen LogP contribution in [0.15, 0.2) is 0 Å². The molecule has 1 radical (unpaired) electrons. The summed E-state index contributed by atoms with van der Waals surface area (Å²) < 4.78 is 5.30. The first kappa shape index (κ1) is 9.96. The average molecular weight is 143 g/mol. The monoisotopic (exact) mass is 143 g/mol. The van der Waals surface area contributed by atoms with Crippen molar-refractivity contribution in [1.82, 2.24) is 0 Å². The van der Waals surface area contributed by atoms with Crippen LogP contribution in [0.1, 0.15) is 40.0 Å². The highest BCUT2D eigenvalue weighted by molar-refractivity contribution is 4.52. The van der Waals surface area contributed by atoms with Gasteiger partial charge in [-0.2, -0.15) is 0 Å². The zero-order valence-corrected chi connectivity index (χ0v) is 7.39. The van der Waals surface area contributed by atoms with Crippen LogP contribution in [0.4, 0.5) is 0 Å². The standard InChI is InChI=1S/C9H19O/c1-4-6-7-10-8-9(3)5-2/h7,9H,4-6,8H2,1-3H3. The van der Waals surface area contributed by atoms with E-state index < -0.39 is 0 Å². The molecule has 0 aliphatic heterocycles. The number of hydrogen-bond acceptors (Lipinski definition) is 1. The van der Waals surface area contributed by atoms with Gasteiger partial charge < -0.3 is 4.74 Å². The zero-order valence-electron chi connectivity index (χ0n) is 7.39. The first-order valence-corrected chi connectivity index (χ1v) is 4.24. The highest BCUT2D eigenvalue weighted by atomic mass is 16.5. The van der Waals surface area contributed by atoms with Crippen molar-refractivity contribution in [3.05, 3.63) is 6.61 Å². The Morgan fingerprint density at radius 1 is 1.40 bits per heavy atom. The lowest BCUT2D eigenvalue weighted by atomic mass is 10.1. The van der Waals surface area contributed by atoms with Crippen LogP contribution in [0.3, 0.4) is 0 Å². The minimum Gasteiger partial charge on any atom is -0.375 e. The Bertz CT molecular complexity index is 61.7. The van der Waals surface area contributed by atoms with Gasteiger partial charge in [-0.3, -0.25) is 0 Å². The average Bonchev–Trinajstić information content (AvgIpc) is 1.98. The Morgan fingerprint density at radius 2 is 2.10 bits per heavy atom. The number of ether oxygens (including phenoxy) is 1. The maximum absolute atomic E-state index is 5.30. The molecule has 1 unspecified atom stereocenters. The van der Waals surface area contributed by atoms with Gasteiger partial charge in [0.25, 0.3) is 0 Å². The molecule has 0 heterocycles. The molecule has 0 spiro atoms. The summed E-state index contributed by atoms with van der Waals surface area (Å²) in [6.45, 7) is 9.36. The molecule has 0 aliphatic carbocycles. The summed E-state index contributed by atoms with van der Waals surface area (Å²) in [6, 6.07) is 0. The molecule has 1 atom stereocenters. The van der Waals surface area contributed by atoms with Crippen LogP contribution in [0.2, 0.25) is 0 Å². The van der Waals surface area contributed by atoms with Crippen molar-refractivity contribution in [3.63, 3.8) is 0 Å². The predicted octanol–water partition coefficient (Wildman–Crippen LogP) is 3.01. The molecule has 0 amide bonds. The van der Waals surface area contributed by atoms with Crippen molar-refractivity contribution >= 4 is 0 Å². The minimum absolute atomic E-state index is 0.702. The quantitative estimate of drug-likeness (QED) is 0.519. The summed E-state index contributed by atoms with van der Waals surface area (Å²) in [4.78, 5) is 0. The van der Waals surface area contributed by atoms with Crippen LogP contribution in [0.5, 0.6) is 0 Å². The molecule has 0 bridgehead atoms. The van der Waals surface area contributed by atoms with E-state index in [1.165, 1.54) is 12.8 Å². The van der Waals surface area contributed by atoms with E-state index in [4.69, 9.17) is 4.74 Å². The molecule has 0 fully saturated rings. The third-order valence-electron chi connectivity index (χ3n) is 1.60. The predicted molar refractivity (Wildman–Crippen MR) is 44.6 cm³/mol. The second kappa shape index (κ2) is 7.07. The Kier molecular flexibility index (Phi) is 7.04. The molecule has 0 N–H and O–H groups in total. The van der Waals surface area contributed by atoms with Crippen molar-refractivity contribution in [1.29, 1.82) is 0 Å². The fraction of sp³-hybridized carbons (Fsp3) is 0.889. The van der Waals surface area contributed by atoms with Crippen LogP contribution in [-0.4, -0.2) is 6.61 Å². The van der Waals surface area contributed by atoms with Gasteiger partial charge in [0.1, 0.15) is 0 Å². The third-order valence-corrected chi connectivity index (χ3v) is 1.60. The van der Waals surface area contributed by atoms with Crippen molar-refractivity contribution in [3.8, 4) is 0 Å². The van der Waals surface area contributed by atoms with E-state index in [9.17, 15) is 0 Å². The van der Waals surface area contributed by atoms with E-state index in [-0.39, 0.29) is 0 Å². The molecule has 1 heteroatoms. The van der Waals surface area contributed by atoms with Gasteiger partial charge in [0.05, 0.1) is 6.61 Å². The highest BCUT2D eigenvalue weighted by Crippen LogP contribution is 2.03. The lowest BCUT2D eigenvalue weighted by Crippen LogP contribution is -2.02. The van der Waals surface area contributed by atoms with Crippen LogP contribution in [0, 0.1) is 12.5 Å². The van der Waals surface area contributed by atoms with Crippen LogP contribution < -0.4 is 0 Å². The molecule has 0 aromatic rings. The van der Waals surface area contributed by atoms with Gasteiger partial charge in [-0.1, -0.05) is 33.6 Å². The maximum Gasteiger partial charge on any atom is 0.0836 e. The molecular formula is C9H19O. The van der Waals surface area contributed by atoms with E-state index in [2.05, 4.69) is 20.8 Å². The Morgan fingerprint density at radius 3 is 2.60 bits per heavy atom. The van der Waals surface area contributed by atoms with E-state index >= 15 is 0 Å². The van der Waals surface area contributed by atoms with Gasteiger partial charge in [0, 0.05) is 6.61 Å². The Labute approximate surface area is 64.8 Å². The maximum atomic E-state index is 5.30. The van der Waals surface area contributed by atoms with Crippen molar-refractivity contribution in [2.24, 2.45) is 5.92 Å². The molecule has 1 nitrogen and oxygen atoms in total. The lowest BCUT2D eigenvalue weighted by Gasteiger charge is -2.07. The summed E-state index contributed by atoms with van der Waals surface area (Å²) >= 11 is 0. The topological polar surface area (TPSA) is 9.23 Å². The molecule has 0 saturated carbocycles. The van der Waals surface area contributed by atoms with Crippen molar-refractivity contribution in [2.45, 2.75) is 40.0 Å². The van der Waals surface area contributed by atoms with E-state index in [0.29, 0.717) is 5.92 Å². The van der Waals surface area contributed by atoms with Crippen LogP contribution in [-0.2, 0) is 4.74 Å². The summed E-state index contributed by atoms with van der Waals surface area (Å²) in [5, 5.41) is 0. The largest absolute Gasteiger partial charge is 0.375 e. The first-order valence-electron chi connectivity index (χ1n) is 4.24. The molecule has 0 aromatic carbocycles. The summed E-state index contributed by atoms with van der Waals surface area (Å²) in [5.74, 6) is 0.702. The zero-order chi connectivity index (χ0) is 7.82. The van der Waals surface area contributed by atoms with Gasteiger partial charge >= 0.3 is 0 Å². The minimum atomic E-state index is 0.702. The molecule has 0 aliphatic rings. The number of hydrogen-bond donors (Lipinski definition) is 0. The summed E-state index contributed by atoms with van der Waals surface area (Å²) in [5.41, 5.74) is 0. The first-order chi connectivity index (χ1) is 4.81. The van der Waals surface area contributed by atoms with Crippen molar-refractivity contribution in [2.75, 3.05) is 6.61 Å². The molecule has 0 aromatic heterocycles. The van der Waals surface area contributed by atoms with Crippen LogP contribution in [0.25, 0.3) is 0 Å². The van der Waals surface area contributed by atoms with Crippen molar-refractivity contribution < 1.29 is 4.74 Å². The fourth-order valence-electron chi connectivity index (χ4n) is 0.551. The molecular weight excluding hydrogens is 124 g/mol. The van der Waals surface area contributed by atoms with E-state index in [1.807, 2.05) is 6.61 Å². The van der Waals surface area contributed by atoms with Gasteiger partial charge in [-0.15, -0.1) is 0 Å². The van der Waals surface area contributed by atoms with E-state index in [1.54, 1.807) is 0 Å². The molecule has 61 valence electrons. The molecule has 10 heavy (non-hydrogen) atoms. The third kappa shape index (κ3) is 6.09. The van der Waals surface area contributed by atoms with Gasteiger partial charge in [0.15, 0.2) is 0 Å². The SMILES string of the molecule is CCC[CH]OCC(C)CC. The fourth-order valence-corrected chi connectivity index (χ4v) is 0.551. The normalized spacial score (nSPS) is 13.5. The Hall–Kier alpha value is -0.0400. The van der Waals surface area contributed by atoms with Crippen LogP contribution >= 0.6 is 0 Å². The number of rotatable bonds is 6. The summed E-state index contributed by atoms with van der Waals surface area (Å²) in [7, 11) is 0. The second-order valence-electron chi connectivity index (χ2n) is 2.80. The van der Waals surface area contributed by atoms with E-state index in [0.717, 1.165) is 13.0 Å². The number of unbranched alkanes of at least 4 members (excludes halogenated alkanes) is 1.